The quantitative estimate of drug-likeness (QED) is 0.331. The van der Waals surface area contributed by atoms with Gasteiger partial charge in [-0.05, 0) is 52.9 Å². The minimum atomic E-state index is 0. The Morgan fingerprint density at radius 2 is 2.04 bits per heavy atom. The Hall–Kier alpha value is -1.48. The number of ether oxygens (including phenoxy) is 2. The predicted molar refractivity (Wildman–Crippen MR) is 121 cm³/mol. The van der Waals surface area contributed by atoms with Crippen LogP contribution in [0.15, 0.2) is 40.0 Å². The van der Waals surface area contributed by atoms with Crippen LogP contribution in [0.4, 0.5) is 0 Å². The second-order valence-electron chi connectivity index (χ2n) is 5.68. The molecule has 0 saturated heterocycles. The first-order valence-corrected chi connectivity index (χ1v) is 9.38. The van der Waals surface area contributed by atoms with Gasteiger partial charge in [0.2, 0.25) is 0 Å². The summed E-state index contributed by atoms with van der Waals surface area (Å²) in [6, 6.07) is 8.12. The van der Waals surface area contributed by atoms with Crippen LogP contribution in [-0.4, -0.2) is 33.3 Å². The molecule has 0 saturated carbocycles. The Kier molecular flexibility index (Phi) is 10.4. The Bertz CT molecular complexity index is 677. The maximum Gasteiger partial charge on any atom is 0.191 e. The van der Waals surface area contributed by atoms with Crippen molar-refractivity contribution in [3.05, 3.63) is 46.2 Å². The van der Waals surface area contributed by atoms with Gasteiger partial charge in [-0.1, -0.05) is 13.0 Å². The Labute approximate surface area is 177 Å². The van der Waals surface area contributed by atoms with Gasteiger partial charge < -0.3 is 20.1 Å². The number of benzene rings is 1. The Morgan fingerprint density at radius 1 is 1.23 bits per heavy atom. The van der Waals surface area contributed by atoms with E-state index < -0.39 is 0 Å². The SMILES string of the molecule is CCOc1ccc(CNC(=NC)NCC(C)c2ccsc2)cc1OC.I. The van der Waals surface area contributed by atoms with Crippen molar-refractivity contribution in [2.45, 2.75) is 26.3 Å². The third-order valence-corrected chi connectivity index (χ3v) is 4.60. The molecule has 0 amide bonds. The van der Waals surface area contributed by atoms with Crippen LogP contribution in [0.3, 0.4) is 0 Å². The van der Waals surface area contributed by atoms with E-state index in [9.17, 15) is 0 Å². The number of nitrogens with one attached hydrogen (secondary N) is 2. The molecule has 2 rings (SSSR count). The molecule has 26 heavy (non-hydrogen) atoms. The summed E-state index contributed by atoms with van der Waals surface area (Å²) in [5.41, 5.74) is 2.46. The third-order valence-electron chi connectivity index (χ3n) is 3.90. The van der Waals surface area contributed by atoms with Gasteiger partial charge in [0.1, 0.15) is 0 Å². The summed E-state index contributed by atoms with van der Waals surface area (Å²) < 4.78 is 10.9. The van der Waals surface area contributed by atoms with Gasteiger partial charge >= 0.3 is 0 Å². The van der Waals surface area contributed by atoms with E-state index in [-0.39, 0.29) is 24.0 Å². The van der Waals surface area contributed by atoms with Gasteiger partial charge in [0.15, 0.2) is 17.5 Å². The molecular formula is C19H28IN3O2S. The smallest absolute Gasteiger partial charge is 0.191 e. The van der Waals surface area contributed by atoms with Crippen molar-refractivity contribution in [3.8, 4) is 11.5 Å². The van der Waals surface area contributed by atoms with Crippen LogP contribution in [0.1, 0.15) is 30.9 Å². The number of hydrogen-bond donors (Lipinski definition) is 2. The highest BCUT2D eigenvalue weighted by atomic mass is 127. The molecule has 0 aliphatic rings. The molecule has 1 heterocycles. The number of hydrogen-bond acceptors (Lipinski definition) is 4. The number of methoxy groups -OCH3 is 1. The van der Waals surface area contributed by atoms with Crippen molar-refractivity contribution < 1.29 is 9.47 Å². The van der Waals surface area contributed by atoms with Gasteiger partial charge in [-0.25, -0.2) is 0 Å². The molecule has 1 aromatic heterocycles. The molecule has 0 fully saturated rings. The van der Waals surface area contributed by atoms with Gasteiger partial charge in [-0.15, -0.1) is 24.0 Å². The van der Waals surface area contributed by atoms with Crippen molar-refractivity contribution in [1.29, 1.82) is 0 Å². The number of thiophene rings is 1. The van der Waals surface area contributed by atoms with Crippen LogP contribution in [-0.2, 0) is 6.54 Å². The zero-order valence-corrected chi connectivity index (χ0v) is 18.9. The lowest BCUT2D eigenvalue weighted by Gasteiger charge is -2.16. The second-order valence-corrected chi connectivity index (χ2v) is 6.46. The number of aliphatic imine (C=N–C) groups is 1. The average Bonchev–Trinajstić information content (AvgIpc) is 3.17. The first-order chi connectivity index (χ1) is 12.2. The molecule has 0 bridgehead atoms. The van der Waals surface area contributed by atoms with Crippen LogP contribution in [0, 0.1) is 0 Å². The van der Waals surface area contributed by atoms with E-state index in [4.69, 9.17) is 9.47 Å². The maximum atomic E-state index is 5.55. The zero-order valence-electron chi connectivity index (χ0n) is 15.7. The molecule has 1 atom stereocenters. The van der Waals surface area contributed by atoms with E-state index in [0.29, 0.717) is 19.1 Å². The fourth-order valence-corrected chi connectivity index (χ4v) is 3.21. The topological polar surface area (TPSA) is 54.9 Å². The molecule has 7 heteroatoms. The van der Waals surface area contributed by atoms with Gasteiger partial charge in [-0.2, -0.15) is 11.3 Å². The van der Waals surface area contributed by atoms with Crippen molar-refractivity contribution in [1.82, 2.24) is 10.6 Å². The zero-order chi connectivity index (χ0) is 18.1. The Morgan fingerprint density at radius 3 is 2.65 bits per heavy atom. The fraction of sp³-hybridized carbons (Fsp3) is 0.421. The largest absolute Gasteiger partial charge is 0.493 e. The van der Waals surface area contributed by atoms with Crippen LogP contribution in [0.5, 0.6) is 11.5 Å². The van der Waals surface area contributed by atoms with Crippen molar-refractivity contribution in [2.75, 3.05) is 27.3 Å². The fourth-order valence-electron chi connectivity index (χ4n) is 2.43. The summed E-state index contributed by atoms with van der Waals surface area (Å²) in [4.78, 5) is 4.29. The molecule has 1 aromatic carbocycles. The van der Waals surface area contributed by atoms with Gasteiger partial charge in [0, 0.05) is 20.1 Å². The molecule has 0 aliphatic heterocycles. The molecule has 0 aliphatic carbocycles. The number of rotatable bonds is 8. The van der Waals surface area contributed by atoms with Crippen molar-refractivity contribution >= 4 is 41.3 Å². The van der Waals surface area contributed by atoms with Crippen molar-refractivity contribution in [2.24, 2.45) is 4.99 Å². The molecule has 144 valence electrons. The normalized spacial score (nSPS) is 12.1. The first-order valence-electron chi connectivity index (χ1n) is 8.44. The first kappa shape index (κ1) is 22.6. The summed E-state index contributed by atoms with van der Waals surface area (Å²) in [6.45, 7) is 6.28. The van der Waals surface area contributed by atoms with Crippen molar-refractivity contribution in [3.63, 3.8) is 0 Å². The van der Waals surface area contributed by atoms with Crippen LogP contribution in [0.25, 0.3) is 0 Å². The Balaban J connectivity index is 0.00000338. The molecule has 0 spiro atoms. The van der Waals surface area contributed by atoms with Crippen LogP contribution in [0.2, 0.25) is 0 Å². The third kappa shape index (κ3) is 6.68. The van der Waals surface area contributed by atoms with Crippen LogP contribution >= 0.6 is 35.3 Å². The van der Waals surface area contributed by atoms with E-state index in [1.807, 2.05) is 25.1 Å². The number of guanidine groups is 1. The van der Waals surface area contributed by atoms with Gasteiger partial charge in [0.25, 0.3) is 0 Å². The summed E-state index contributed by atoms with van der Waals surface area (Å²) in [7, 11) is 3.44. The number of halogens is 1. The minimum absolute atomic E-state index is 0. The number of nitrogens with zero attached hydrogens (tertiary/aromatic N) is 1. The molecule has 5 nitrogen and oxygen atoms in total. The highest BCUT2D eigenvalue weighted by Gasteiger charge is 2.08. The average molecular weight is 489 g/mol. The minimum Gasteiger partial charge on any atom is -0.493 e. The van der Waals surface area contributed by atoms with Gasteiger partial charge in [0.05, 0.1) is 13.7 Å². The monoisotopic (exact) mass is 489 g/mol. The standard InChI is InChI=1S/C19H27N3O2S.HI/c1-5-24-17-7-6-15(10-18(17)23-4)12-22-19(20-3)21-11-14(2)16-8-9-25-13-16;/h6-10,13-14H,5,11-12H2,1-4H3,(H2,20,21,22);1H. The molecule has 2 N–H and O–H groups in total. The van der Waals surface area contributed by atoms with E-state index in [1.54, 1.807) is 25.5 Å². The molecule has 0 radical (unpaired) electrons. The summed E-state index contributed by atoms with van der Waals surface area (Å²) in [6.07, 6.45) is 0. The van der Waals surface area contributed by atoms with Gasteiger partial charge in [-0.3, -0.25) is 4.99 Å². The lowest BCUT2D eigenvalue weighted by molar-refractivity contribution is 0.310. The molecule has 2 aromatic rings. The lowest BCUT2D eigenvalue weighted by Crippen LogP contribution is -2.38. The van der Waals surface area contributed by atoms with E-state index >= 15 is 0 Å². The van der Waals surface area contributed by atoms with E-state index in [2.05, 4.69) is 39.4 Å². The molecular weight excluding hydrogens is 461 g/mol. The molecule has 1 unspecified atom stereocenters. The lowest BCUT2D eigenvalue weighted by atomic mass is 10.1. The van der Waals surface area contributed by atoms with E-state index in [0.717, 1.165) is 29.6 Å². The predicted octanol–water partition coefficient (Wildman–Crippen LogP) is 4.24. The van der Waals surface area contributed by atoms with E-state index in [1.165, 1.54) is 5.56 Å². The second kappa shape index (κ2) is 12.0. The summed E-state index contributed by atoms with van der Waals surface area (Å²) in [5, 5.41) is 11.0. The highest BCUT2D eigenvalue weighted by molar-refractivity contribution is 14.0. The highest BCUT2D eigenvalue weighted by Crippen LogP contribution is 2.27. The summed E-state index contributed by atoms with van der Waals surface area (Å²) in [5.74, 6) is 2.74. The summed E-state index contributed by atoms with van der Waals surface area (Å²) >= 11 is 1.73. The van der Waals surface area contributed by atoms with Crippen LogP contribution < -0.4 is 20.1 Å². The maximum absolute atomic E-state index is 5.55.